The van der Waals surface area contributed by atoms with Crippen molar-refractivity contribution < 1.29 is 9.63 Å². The maximum absolute atomic E-state index is 12.0. The second kappa shape index (κ2) is 5.34. The van der Waals surface area contributed by atoms with Crippen LogP contribution in [0, 0.1) is 10.8 Å². The van der Waals surface area contributed by atoms with Crippen molar-refractivity contribution in [2.45, 2.75) is 27.7 Å². The third-order valence-electron chi connectivity index (χ3n) is 5.15. The minimum Gasteiger partial charge on any atom is -0.317 e. The molecule has 23 heavy (non-hydrogen) atoms. The lowest BCUT2D eigenvalue weighted by Gasteiger charge is -2.42. The number of rotatable bonds is 2. The van der Waals surface area contributed by atoms with Gasteiger partial charge in [0.05, 0.1) is 11.1 Å². The molecule has 2 aromatic carbocycles. The SMILES string of the molecule is CC1(C)C(=O)ON=C(c2ccc(-c3ccccc3)cc2)C1(C)C. The first-order chi connectivity index (χ1) is 10.8. The molecule has 2 aromatic rings. The van der Waals surface area contributed by atoms with Crippen molar-refractivity contribution in [3.63, 3.8) is 0 Å². The van der Waals surface area contributed by atoms with Gasteiger partial charge in [0, 0.05) is 5.41 Å². The Balaban J connectivity index is 1.98. The number of carbonyl (C=O) groups excluding carboxylic acids is 1. The van der Waals surface area contributed by atoms with Crippen LogP contribution in [0.5, 0.6) is 0 Å². The van der Waals surface area contributed by atoms with Crippen molar-refractivity contribution in [1.82, 2.24) is 0 Å². The van der Waals surface area contributed by atoms with E-state index in [9.17, 15) is 4.79 Å². The van der Waals surface area contributed by atoms with Gasteiger partial charge < -0.3 is 4.84 Å². The lowest BCUT2D eigenvalue weighted by atomic mass is 9.63. The van der Waals surface area contributed by atoms with Crippen LogP contribution in [0.25, 0.3) is 11.1 Å². The largest absolute Gasteiger partial charge is 0.341 e. The summed E-state index contributed by atoms with van der Waals surface area (Å²) >= 11 is 0. The van der Waals surface area contributed by atoms with Crippen molar-refractivity contribution in [3.05, 3.63) is 60.2 Å². The molecule has 1 aliphatic heterocycles. The summed E-state index contributed by atoms with van der Waals surface area (Å²) in [7, 11) is 0. The quantitative estimate of drug-likeness (QED) is 0.756. The molecule has 3 rings (SSSR count). The van der Waals surface area contributed by atoms with Crippen molar-refractivity contribution in [3.8, 4) is 11.1 Å². The number of carbonyl (C=O) groups is 1. The van der Waals surface area contributed by atoms with Gasteiger partial charge in [0.1, 0.15) is 0 Å². The number of nitrogens with zero attached hydrogens (tertiary/aromatic N) is 1. The van der Waals surface area contributed by atoms with Crippen LogP contribution in [0.1, 0.15) is 33.3 Å². The zero-order valence-corrected chi connectivity index (χ0v) is 14.0. The zero-order valence-electron chi connectivity index (χ0n) is 14.0. The number of oxime groups is 1. The van der Waals surface area contributed by atoms with E-state index in [1.807, 2.05) is 58.0 Å². The lowest BCUT2D eigenvalue weighted by Crippen LogP contribution is -2.49. The topological polar surface area (TPSA) is 38.7 Å². The molecule has 118 valence electrons. The molecule has 0 saturated heterocycles. The van der Waals surface area contributed by atoms with Crippen molar-refractivity contribution >= 4 is 11.7 Å². The van der Waals surface area contributed by atoms with Crippen LogP contribution in [0.2, 0.25) is 0 Å². The Bertz CT molecular complexity index is 756. The first-order valence-corrected chi connectivity index (χ1v) is 7.80. The van der Waals surface area contributed by atoms with Crippen LogP contribution in [-0.4, -0.2) is 11.7 Å². The van der Waals surface area contributed by atoms with E-state index in [4.69, 9.17) is 4.84 Å². The first kappa shape index (κ1) is 15.5. The van der Waals surface area contributed by atoms with Crippen LogP contribution >= 0.6 is 0 Å². The fourth-order valence-electron chi connectivity index (χ4n) is 2.73. The smallest absolute Gasteiger partial charge is 0.317 e. The molecule has 0 aromatic heterocycles. The maximum atomic E-state index is 12.0. The fourth-order valence-corrected chi connectivity index (χ4v) is 2.73. The molecule has 0 amide bonds. The van der Waals surface area contributed by atoms with E-state index < -0.39 is 10.8 Å². The predicted octanol–water partition coefficient (Wildman–Crippen LogP) is 4.67. The maximum Gasteiger partial charge on any atom is 0.341 e. The lowest BCUT2D eigenvalue weighted by molar-refractivity contribution is -0.161. The summed E-state index contributed by atoms with van der Waals surface area (Å²) in [4.78, 5) is 17.1. The van der Waals surface area contributed by atoms with Gasteiger partial charge in [0.25, 0.3) is 0 Å². The van der Waals surface area contributed by atoms with E-state index >= 15 is 0 Å². The summed E-state index contributed by atoms with van der Waals surface area (Å²) in [6.07, 6.45) is 0. The van der Waals surface area contributed by atoms with Crippen LogP contribution < -0.4 is 0 Å². The standard InChI is InChI=1S/C20H21NO2/c1-19(2)17(21-23-18(22)20(19,3)4)16-12-10-15(11-13-16)14-8-6-5-7-9-14/h5-13H,1-4H3. The molecule has 0 unspecified atom stereocenters. The van der Waals surface area contributed by atoms with Gasteiger partial charge in [0.2, 0.25) is 0 Å². The summed E-state index contributed by atoms with van der Waals surface area (Å²) in [6, 6.07) is 18.5. The van der Waals surface area contributed by atoms with Gasteiger partial charge in [-0.3, -0.25) is 0 Å². The molecule has 3 heteroatoms. The molecule has 0 aliphatic carbocycles. The predicted molar refractivity (Wildman–Crippen MR) is 92.1 cm³/mol. The second-order valence-corrected chi connectivity index (χ2v) is 7.01. The van der Waals surface area contributed by atoms with Crippen LogP contribution in [0.15, 0.2) is 59.8 Å². The van der Waals surface area contributed by atoms with Gasteiger partial charge in [-0.05, 0) is 30.5 Å². The van der Waals surface area contributed by atoms with Gasteiger partial charge in [-0.1, -0.05) is 73.6 Å². The molecule has 1 heterocycles. The highest BCUT2D eigenvalue weighted by molar-refractivity contribution is 6.08. The minimum atomic E-state index is -0.623. The third-order valence-corrected chi connectivity index (χ3v) is 5.15. The van der Waals surface area contributed by atoms with Crippen molar-refractivity contribution in [2.75, 3.05) is 0 Å². The zero-order chi connectivity index (χ0) is 16.7. The Morgan fingerprint density at radius 1 is 0.739 bits per heavy atom. The van der Waals surface area contributed by atoms with E-state index in [0.29, 0.717) is 0 Å². The Morgan fingerprint density at radius 2 is 1.26 bits per heavy atom. The van der Waals surface area contributed by atoms with Gasteiger partial charge in [-0.2, -0.15) is 0 Å². The van der Waals surface area contributed by atoms with E-state index in [-0.39, 0.29) is 5.97 Å². The molecule has 0 N–H and O–H groups in total. The minimum absolute atomic E-state index is 0.285. The Kier molecular flexibility index (Phi) is 3.59. The summed E-state index contributed by atoms with van der Waals surface area (Å²) in [5.41, 5.74) is 3.09. The van der Waals surface area contributed by atoms with E-state index in [0.717, 1.165) is 16.8 Å². The molecular weight excluding hydrogens is 286 g/mol. The Hall–Kier alpha value is -2.42. The van der Waals surface area contributed by atoms with Gasteiger partial charge >= 0.3 is 5.97 Å². The van der Waals surface area contributed by atoms with E-state index in [1.54, 1.807) is 0 Å². The van der Waals surface area contributed by atoms with Gasteiger partial charge in [-0.25, -0.2) is 4.79 Å². The summed E-state index contributed by atoms with van der Waals surface area (Å²) in [5, 5.41) is 4.10. The molecule has 1 aliphatic rings. The third kappa shape index (κ3) is 2.46. The average Bonchev–Trinajstić information content (AvgIpc) is 2.54. The van der Waals surface area contributed by atoms with Crippen LogP contribution in [-0.2, 0) is 9.63 Å². The normalized spacial score (nSPS) is 19.0. The summed E-state index contributed by atoms with van der Waals surface area (Å²) in [5.74, 6) is -0.285. The van der Waals surface area contributed by atoms with E-state index in [2.05, 4.69) is 29.4 Å². The molecule has 0 bridgehead atoms. The number of hydrogen-bond acceptors (Lipinski definition) is 3. The van der Waals surface area contributed by atoms with Crippen molar-refractivity contribution in [2.24, 2.45) is 16.0 Å². The second-order valence-electron chi connectivity index (χ2n) is 7.01. The Labute approximate surface area is 137 Å². The fraction of sp³-hybridized carbons (Fsp3) is 0.300. The molecule has 0 fully saturated rings. The van der Waals surface area contributed by atoms with Crippen LogP contribution in [0.3, 0.4) is 0 Å². The van der Waals surface area contributed by atoms with Crippen molar-refractivity contribution in [1.29, 1.82) is 0 Å². The van der Waals surface area contributed by atoms with Gasteiger partial charge in [0.15, 0.2) is 0 Å². The monoisotopic (exact) mass is 307 g/mol. The molecule has 0 saturated carbocycles. The molecule has 0 spiro atoms. The first-order valence-electron chi connectivity index (χ1n) is 7.80. The molecule has 0 radical (unpaired) electrons. The number of benzene rings is 2. The Morgan fingerprint density at radius 3 is 1.87 bits per heavy atom. The van der Waals surface area contributed by atoms with E-state index in [1.165, 1.54) is 5.56 Å². The highest BCUT2D eigenvalue weighted by Crippen LogP contribution is 2.45. The molecular formula is C20H21NO2. The summed E-state index contributed by atoms with van der Waals surface area (Å²) < 4.78 is 0. The highest BCUT2D eigenvalue weighted by atomic mass is 16.7. The molecule has 3 nitrogen and oxygen atoms in total. The summed E-state index contributed by atoms with van der Waals surface area (Å²) in [6.45, 7) is 7.89. The van der Waals surface area contributed by atoms with Gasteiger partial charge in [-0.15, -0.1) is 0 Å². The molecule has 0 atom stereocenters. The van der Waals surface area contributed by atoms with Crippen LogP contribution in [0.4, 0.5) is 0 Å². The average molecular weight is 307 g/mol. The number of hydrogen-bond donors (Lipinski definition) is 0. The highest BCUT2D eigenvalue weighted by Gasteiger charge is 2.51.